The Labute approximate surface area is 111 Å². The van der Waals surface area contributed by atoms with Gasteiger partial charge >= 0.3 is 0 Å². The predicted octanol–water partition coefficient (Wildman–Crippen LogP) is 2.65. The molecular weight excluding hydrogens is 248 g/mol. The van der Waals surface area contributed by atoms with Crippen LogP contribution in [-0.2, 0) is 16.1 Å². The van der Waals surface area contributed by atoms with Gasteiger partial charge < -0.3 is 9.47 Å². The normalized spacial score (nSPS) is 19.4. The zero-order valence-corrected chi connectivity index (χ0v) is 11.2. The van der Waals surface area contributed by atoms with Crippen molar-refractivity contribution in [2.45, 2.75) is 46.0 Å². The number of hydrogen-bond donors (Lipinski definition) is 0. The van der Waals surface area contributed by atoms with Crippen LogP contribution in [0.4, 0.5) is 5.69 Å². The Morgan fingerprint density at radius 2 is 2.32 bits per heavy atom. The maximum atomic E-state index is 11.0. The minimum absolute atomic E-state index is 0.123. The summed E-state index contributed by atoms with van der Waals surface area (Å²) in [5.41, 5.74) is 1.87. The summed E-state index contributed by atoms with van der Waals surface area (Å²) in [5, 5.41) is 11.0. The summed E-state index contributed by atoms with van der Waals surface area (Å²) in [6.45, 7) is 4.36. The summed E-state index contributed by atoms with van der Waals surface area (Å²) in [4.78, 5) is 14.9. The Morgan fingerprint density at radius 1 is 1.53 bits per heavy atom. The van der Waals surface area contributed by atoms with E-state index in [0.717, 1.165) is 19.3 Å². The maximum absolute atomic E-state index is 11.0. The first-order chi connectivity index (χ1) is 9.09. The van der Waals surface area contributed by atoms with Crippen molar-refractivity contribution < 1.29 is 14.4 Å². The van der Waals surface area contributed by atoms with Crippen LogP contribution in [0, 0.1) is 24.0 Å². The van der Waals surface area contributed by atoms with Crippen LogP contribution in [0.15, 0.2) is 6.20 Å². The van der Waals surface area contributed by atoms with Crippen molar-refractivity contribution in [2.24, 2.45) is 0 Å². The van der Waals surface area contributed by atoms with Gasteiger partial charge in [-0.25, -0.2) is 0 Å². The summed E-state index contributed by atoms with van der Waals surface area (Å²) in [5.74, 6) is 0. The molecule has 19 heavy (non-hydrogen) atoms. The van der Waals surface area contributed by atoms with E-state index in [0.29, 0.717) is 23.4 Å². The van der Waals surface area contributed by atoms with Crippen molar-refractivity contribution in [1.29, 1.82) is 0 Å². The summed E-state index contributed by atoms with van der Waals surface area (Å²) in [6, 6.07) is 0. The van der Waals surface area contributed by atoms with Gasteiger partial charge in [-0.1, -0.05) is 0 Å². The number of rotatable bonds is 4. The van der Waals surface area contributed by atoms with Gasteiger partial charge in [-0.3, -0.25) is 15.1 Å². The average Bonchev–Trinajstić information content (AvgIpc) is 2.38. The van der Waals surface area contributed by atoms with Crippen molar-refractivity contribution in [2.75, 3.05) is 6.61 Å². The van der Waals surface area contributed by atoms with Crippen LogP contribution in [0.1, 0.15) is 36.1 Å². The van der Waals surface area contributed by atoms with E-state index in [1.165, 1.54) is 6.20 Å². The molecule has 6 heteroatoms. The molecule has 1 aliphatic rings. The van der Waals surface area contributed by atoms with Gasteiger partial charge in [-0.05, 0) is 33.1 Å². The molecule has 1 atom stereocenters. The van der Waals surface area contributed by atoms with Gasteiger partial charge in [0.25, 0.3) is 5.69 Å². The van der Waals surface area contributed by atoms with Crippen molar-refractivity contribution in [3.63, 3.8) is 0 Å². The highest BCUT2D eigenvalue weighted by atomic mass is 16.7. The zero-order chi connectivity index (χ0) is 13.8. The lowest BCUT2D eigenvalue weighted by Crippen LogP contribution is -2.22. The fraction of sp³-hybridized carbons (Fsp3) is 0.615. The highest BCUT2D eigenvalue weighted by Crippen LogP contribution is 2.25. The van der Waals surface area contributed by atoms with Crippen molar-refractivity contribution >= 4 is 5.69 Å². The smallest absolute Gasteiger partial charge is 0.278 e. The van der Waals surface area contributed by atoms with Gasteiger partial charge in [0.2, 0.25) is 0 Å². The molecule has 6 nitrogen and oxygen atoms in total. The van der Waals surface area contributed by atoms with Crippen LogP contribution in [0.2, 0.25) is 0 Å². The van der Waals surface area contributed by atoms with E-state index < -0.39 is 0 Å². The third-order valence-electron chi connectivity index (χ3n) is 3.30. The molecule has 0 saturated carbocycles. The van der Waals surface area contributed by atoms with Crippen molar-refractivity contribution in [3.8, 4) is 0 Å². The Bertz CT molecular complexity index is 470. The Hall–Kier alpha value is -1.53. The number of pyridine rings is 1. The third-order valence-corrected chi connectivity index (χ3v) is 3.30. The molecule has 1 aromatic rings. The number of ether oxygens (including phenoxy) is 2. The number of hydrogen-bond acceptors (Lipinski definition) is 5. The van der Waals surface area contributed by atoms with Crippen LogP contribution in [0.5, 0.6) is 0 Å². The van der Waals surface area contributed by atoms with E-state index in [1.54, 1.807) is 13.8 Å². The lowest BCUT2D eigenvalue weighted by Gasteiger charge is -2.22. The number of aromatic nitrogens is 1. The Kier molecular flexibility index (Phi) is 4.44. The van der Waals surface area contributed by atoms with Gasteiger partial charge in [-0.15, -0.1) is 0 Å². The average molecular weight is 266 g/mol. The van der Waals surface area contributed by atoms with E-state index in [1.807, 2.05) is 0 Å². The molecule has 2 rings (SSSR count). The Morgan fingerprint density at radius 3 is 2.95 bits per heavy atom. The molecule has 2 heterocycles. The first kappa shape index (κ1) is 13.9. The number of nitro groups is 1. The Balaban J connectivity index is 2.08. The predicted molar refractivity (Wildman–Crippen MR) is 68.7 cm³/mol. The van der Waals surface area contributed by atoms with Crippen molar-refractivity contribution in [1.82, 2.24) is 4.98 Å². The standard InChI is InChI=1S/C13H18N2O4/c1-9-7-14-11(10(2)13(9)15(16)17)8-19-12-5-3-4-6-18-12/h7,12H,3-6,8H2,1-2H3. The molecule has 0 spiro atoms. The highest BCUT2D eigenvalue weighted by Gasteiger charge is 2.20. The third kappa shape index (κ3) is 3.27. The van der Waals surface area contributed by atoms with Crippen LogP contribution >= 0.6 is 0 Å². The SMILES string of the molecule is Cc1cnc(COC2CCCCO2)c(C)c1[N+](=O)[O-]. The summed E-state index contributed by atoms with van der Waals surface area (Å²) in [6.07, 6.45) is 4.33. The highest BCUT2D eigenvalue weighted by molar-refractivity contribution is 5.47. The molecule has 0 N–H and O–H groups in total. The molecule has 104 valence electrons. The lowest BCUT2D eigenvalue weighted by molar-refractivity contribution is -0.386. The van der Waals surface area contributed by atoms with Crippen molar-refractivity contribution in [3.05, 3.63) is 33.1 Å². The van der Waals surface area contributed by atoms with Gasteiger partial charge in [-0.2, -0.15) is 0 Å². The van der Waals surface area contributed by atoms with Gasteiger partial charge in [0.1, 0.15) is 0 Å². The molecule has 1 unspecified atom stereocenters. The maximum Gasteiger partial charge on any atom is 0.278 e. The summed E-state index contributed by atoms with van der Waals surface area (Å²) < 4.78 is 11.1. The van der Waals surface area contributed by atoms with Crippen LogP contribution in [0.25, 0.3) is 0 Å². The first-order valence-electron chi connectivity index (χ1n) is 6.42. The second-order valence-corrected chi connectivity index (χ2v) is 4.73. The molecule has 1 aliphatic heterocycles. The largest absolute Gasteiger partial charge is 0.353 e. The number of aryl methyl sites for hydroxylation is 1. The van der Waals surface area contributed by atoms with E-state index in [9.17, 15) is 10.1 Å². The van der Waals surface area contributed by atoms with Crippen LogP contribution in [0.3, 0.4) is 0 Å². The van der Waals surface area contributed by atoms with E-state index in [4.69, 9.17) is 9.47 Å². The minimum atomic E-state index is -0.368. The monoisotopic (exact) mass is 266 g/mol. The van der Waals surface area contributed by atoms with Crippen LogP contribution < -0.4 is 0 Å². The fourth-order valence-electron chi connectivity index (χ4n) is 2.21. The molecule has 0 bridgehead atoms. The molecule has 0 aliphatic carbocycles. The van der Waals surface area contributed by atoms with Crippen LogP contribution in [-0.4, -0.2) is 22.8 Å². The zero-order valence-electron chi connectivity index (χ0n) is 11.2. The van der Waals surface area contributed by atoms with Gasteiger partial charge in [0, 0.05) is 18.4 Å². The fourth-order valence-corrected chi connectivity index (χ4v) is 2.21. The van der Waals surface area contributed by atoms with E-state index in [2.05, 4.69) is 4.98 Å². The molecule has 0 aromatic carbocycles. The van der Waals surface area contributed by atoms with Gasteiger partial charge in [0.15, 0.2) is 6.29 Å². The number of nitrogens with zero attached hydrogens (tertiary/aromatic N) is 2. The van der Waals surface area contributed by atoms with E-state index in [-0.39, 0.29) is 23.5 Å². The first-order valence-corrected chi connectivity index (χ1v) is 6.42. The summed E-state index contributed by atoms with van der Waals surface area (Å²) in [7, 11) is 0. The molecule has 0 amide bonds. The lowest BCUT2D eigenvalue weighted by atomic mass is 10.1. The molecule has 0 radical (unpaired) electrons. The minimum Gasteiger partial charge on any atom is -0.353 e. The second-order valence-electron chi connectivity index (χ2n) is 4.73. The topological polar surface area (TPSA) is 74.5 Å². The molecule has 1 aromatic heterocycles. The quantitative estimate of drug-likeness (QED) is 0.618. The van der Waals surface area contributed by atoms with Gasteiger partial charge in [0.05, 0.1) is 22.8 Å². The van der Waals surface area contributed by atoms with E-state index >= 15 is 0 Å². The second kappa shape index (κ2) is 6.08. The molecular formula is C13H18N2O4. The molecule has 1 fully saturated rings. The summed E-state index contributed by atoms with van der Waals surface area (Å²) >= 11 is 0. The molecule has 1 saturated heterocycles.